The standard InChI is InChI=1S/C15H13NO3S/c17-10-13(14(20)11-6-8-16-9-7-11)19-15(18)12-4-2-1-3-5-12/h1-10,13-14,20H. The average molecular weight is 287 g/mol. The third-order valence-electron chi connectivity index (χ3n) is 2.75. The molecule has 2 aromatic rings. The molecule has 4 nitrogen and oxygen atoms in total. The van der Waals surface area contributed by atoms with Gasteiger partial charge in [0.05, 0.1) is 10.8 Å². The predicted molar refractivity (Wildman–Crippen MR) is 77.7 cm³/mol. The van der Waals surface area contributed by atoms with Gasteiger partial charge < -0.3 is 4.74 Å². The van der Waals surface area contributed by atoms with E-state index in [1.54, 1.807) is 54.9 Å². The molecule has 0 spiro atoms. The number of carbonyl (C=O) groups excluding carboxylic acids is 2. The van der Waals surface area contributed by atoms with E-state index in [2.05, 4.69) is 17.6 Å². The van der Waals surface area contributed by atoms with E-state index in [0.29, 0.717) is 11.8 Å². The Morgan fingerprint density at radius 3 is 2.40 bits per heavy atom. The van der Waals surface area contributed by atoms with Crippen molar-refractivity contribution in [3.05, 3.63) is 66.0 Å². The minimum absolute atomic E-state index is 0.398. The topological polar surface area (TPSA) is 56.3 Å². The normalized spacial score (nSPS) is 13.2. The van der Waals surface area contributed by atoms with Crippen LogP contribution in [0.4, 0.5) is 0 Å². The molecule has 20 heavy (non-hydrogen) atoms. The van der Waals surface area contributed by atoms with Crippen LogP contribution in [0.15, 0.2) is 54.9 Å². The number of hydrogen-bond acceptors (Lipinski definition) is 5. The monoisotopic (exact) mass is 287 g/mol. The Morgan fingerprint density at radius 1 is 1.15 bits per heavy atom. The molecule has 1 aromatic heterocycles. The molecule has 0 aliphatic rings. The van der Waals surface area contributed by atoms with Crippen LogP contribution in [0.2, 0.25) is 0 Å². The van der Waals surface area contributed by atoms with E-state index in [1.165, 1.54) is 0 Å². The largest absolute Gasteiger partial charge is 0.450 e. The van der Waals surface area contributed by atoms with Crippen LogP contribution in [0.25, 0.3) is 0 Å². The molecule has 5 heteroatoms. The van der Waals surface area contributed by atoms with Crippen LogP contribution in [-0.4, -0.2) is 23.3 Å². The smallest absolute Gasteiger partial charge is 0.338 e. The quantitative estimate of drug-likeness (QED) is 0.521. The van der Waals surface area contributed by atoms with Gasteiger partial charge in [0.2, 0.25) is 0 Å². The molecule has 102 valence electrons. The summed E-state index contributed by atoms with van der Waals surface area (Å²) in [5, 5.41) is -0.525. The second-order valence-electron chi connectivity index (χ2n) is 4.10. The molecule has 0 bridgehead atoms. The van der Waals surface area contributed by atoms with Gasteiger partial charge in [-0.25, -0.2) is 4.79 Å². The molecule has 0 N–H and O–H groups in total. The van der Waals surface area contributed by atoms with Crippen LogP contribution in [-0.2, 0) is 9.53 Å². The lowest BCUT2D eigenvalue weighted by Crippen LogP contribution is -2.24. The highest BCUT2D eigenvalue weighted by molar-refractivity contribution is 7.80. The summed E-state index contributed by atoms with van der Waals surface area (Å²) >= 11 is 4.35. The highest BCUT2D eigenvalue weighted by atomic mass is 32.1. The van der Waals surface area contributed by atoms with E-state index in [4.69, 9.17) is 4.74 Å². The fourth-order valence-corrected chi connectivity index (χ4v) is 1.99. The van der Waals surface area contributed by atoms with Gasteiger partial charge in [0.15, 0.2) is 12.4 Å². The van der Waals surface area contributed by atoms with E-state index in [-0.39, 0.29) is 0 Å². The van der Waals surface area contributed by atoms with Gasteiger partial charge in [-0.05, 0) is 29.8 Å². The molecule has 1 heterocycles. The van der Waals surface area contributed by atoms with Gasteiger partial charge in [-0.15, -0.1) is 0 Å². The first-order valence-electron chi connectivity index (χ1n) is 6.01. The molecule has 2 rings (SSSR count). The van der Waals surface area contributed by atoms with Gasteiger partial charge in [-0.2, -0.15) is 12.6 Å². The number of esters is 1. The van der Waals surface area contributed by atoms with Gasteiger partial charge in [-0.3, -0.25) is 9.78 Å². The van der Waals surface area contributed by atoms with Crippen molar-refractivity contribution in [2.75, 3.05) is 0 Å². The lowest BCUT2D eigenvalue weighted by Gasteiger charge is -2.18. The summed E-state index contributed by atoms with van der Waals surface area (Å²) in [7, 11) is 0. The molecular formula is C15H13NO3S. The summed E-state index contributed by atoms with van der Waals surface area (Å²) in [5.74, 6) is -0.546. The Bertz CT molecular complexity index is 574. The first-order valence-corrected chi connectivity index (χ1v) is 6.53. The van der Waals surface area contributed by atoms with Crippen LogP contribution in [0.3, 0.4) is 0 Å². The number of hydrogen-bond donors (Lipinski definition) is 1. The SMILES string of the molecule is O=CC(OC(=O)c1ccccc1)C(S)c1ccncc1. The number of aldehydes is 1. The Kier molecular flexibility index (Phi) is 4.90. The minimum atomic E-state index is -0.951. The third-order valence-corrected chi connectivity index (χ3v) is 3.34. The van der Waals surface area contributed by atoms with E-state index in [9.17, 15) is 9.59 Å². The van der Waals surface area contributed by atoms with Crippen LogP contribution in [0, 0.1) is 0 Å². The van der Waals surface area contributed by atoms with E-state index in [0.717, 1.165) is 5.56 Å². The van der Waals surface area contributed by atoms with Gasteiger partial charge >= 0.3 is 5.97 Å². The summed E-state index contributed by atoms with van der Waals surface area (Å²) in [4.78, 5) is 27.0. The highest BCUT2D eigenvalue weighted by Gasteiger charge is 2.23. The number of nitrogens with zero attached hydrogens (tertiary/aromatic N) is 1. The molecule has 0 aliphatic carbocycles. The Labute approximate surface area is 122 Å². The van der Waals surface area contributed by atoms with Crippen LogP contribution < -0.4 is 0 Å². The van der Waals surface area contributed by atoms with Gasteiger partial charge in [0, 0.05) is 12.4 Å². The average Bonchev–Trinajstić information content (AvgIpc) is 2.53. The Morgan fingerprint density at radius 2 is 1.80 bits per heavy atom. The molecule has 1 aromatic carbocycles. The molecule has 2 unspecified atom stereocenters. The van der Waals surface area contributed by atoms with Gasteiger partial charge in [0.1, 0.15) is 0 Å². The number of thiol groups is 1. The zero-order chi connectivity index (χ0) is 14.4. The van der Waals surface area contributed by atoms with Crippen molar-refractivity contribution in [3.63, 3.8) is 0 Å². The lowest BCUT2D eigenvalue weighted by atomic mass is 10.1. The minimum Gasteiger partial charge on any atom is -0.450 e. The molecular weight excluding hydrogens is 274 g/mol. The predicted octanol–water partition coefficient (Wildman–Crippen LogP) is 2.48. The Hall–Kier alpha value is -2.14. The second-order valence-corrected chi connectivity index (χ2v) is 4.65. The van der Waals surface area contributed by atoms with Crippen LogP contribution >= 0.6 is 12.6 Å². The van der Waals surface area contributed by atoms with Crippen molar-refractivity contribution in [2.24, 2.45) is 0 Å². The van der Waals surface area contributed by atoms with E-state index < -0.39 is 17.3 Å². The zero-order valence-corrected chi connectivity index (χ0v) is 11.4. The van der Waals surface area contributed by atoms with E-state index >= 15 is 0 Å². The maximum atomic E-state index is 11.9. The molecule has 0 saturated heterocycles. The third kappa shape index (κ3) is 3.45. The molecule has 0 radical (unpaired) electrons. The number of benzene rings is 1. The molecule has 0 saturated carbocycles. The van der Waals surface area contributed by atoms with E-state index in [1.807, 2.05) is 0 Å². The summed E-state index contributed by atoms with van der Waals surface area (Å²) in [6, 6.07) is 12.0. The van der Waals surface area contributed by atoms with Crippen molar-refractivity contribution in [1.29, 1.82) is 0 Å². The maximum absolute atomic E-state index is 11.9. The van der Waals surface area contributed by atoms with Crippen molar-refractivity contribution >= 4 is 24.9 Å². The van der Waals surface area contributed by atoms with Gasteiger partial charge in [0.25, 0.3) is 0 Å². The first kappa shape index (κ1) is 14.3. The summed E-state index contributed by atoms with van der Waals surface area (Å²) in [6.07, 6.45) is 2.83. The first-order chi connectivity index (χ1) is 9.72. The molecule has 0 fully saturated rings. The van der Waals surface area contributed by atoms with Crippen LogP contribution in [0.1, 0.15) is 21.2 Å². The fraction of sp³-hybridized carbons (Fsp3) is 0.133. The van der Waals surface area contributed by atoms with Crippen molar-refractivity contribution in [1.82, 2.24) is 4.98 Å². The molecule has 2 atom stereocenters. The Balaban J connectivity index is 2.10. The van der Waals surface area contributed by atoms with Crippen molar-refractivity contribution in [3.8, 4) is 0 Å². The second kappa shape index (κ2) is 6.86. The summed E-state index contributed by atoms with van der Waals surface area (Å²) in [6.45, 7) is 0. The number of rotatable bonds is 5. The fourth-order valence-electron chi connectivity index (χ4n) is 1.68. The van der Waals surface area contributed by atoms with Crippen molar-refractivity contribution < 1.29 is 14.3 Å². The van der Waals surface area contributed by atoms with Crippen molar-refractivity contribution in [2.45, 2.75) is 11.4 Å². The number of pyridine rings is 1. The van der Waals surface area contributed by atoms with Gasteiger partial charge in [-0.1, -0.05) is 18.2 Å². The molecule has 0 aliphatic heterocycles. The maximum Gasteiger partial charge on any atom is 0.338 e. The number of ether oxygens (including phenoxy) is 1. The molecule has 0 amide bonds. The van der Waals surface area contributed by atoms with Crippen LogP contribution in [0.5, 0.6) is 0 Å². The summed E-state index contributed by atoms with van der Waals surface area (Å²) < 4.78 is 5.20. The lowest BCUT2D eigenvalue weighted by molar-refractivity contribution is -0.115. The number of carbonyl (C=O) groups is 2. The number of aromatic nitrogens is 1. The highest BCUT2D eigenvalue weighted by Crippen LogP contribution is 2.25. The zero-order valence-electron chi connectivity index (χ0n) is 10.5. The summed E-state index contributed by atoms with van der Waals surface area (Å²) in [5.41, 5.74) is 1.16.